The first-order chi connectivity index (χ1) is 14.5. The Morgan fingerprint density at radius 2 is 1.53 bits per heavy atom. The highest BCUT2D eigenvalue weighted by Gasteiger charge is 2.13. The second kappa shape index (κ2) is 13.5. The lowest BCUT2D eigenvalue weighted by atomic mass is 9.86. The average molecular weight is 429 g/mol. The summed E-state index contributed by atoms with van der Waals surface area (Å²) in [4.78, 5) is 10.5. The predicted molar refractivity (Wildman–Crippen MR) is 128 cm³/mol. The van der Waals surface area contributed by atoms with E-state index in [-0.39, 0.29) is 0 Å². The summed E-state index contributed by atoms with van der Waals surface area (Å²) in [5.74, 6) is -0.174. The van der Waals surface area contributed by atoms with E-state index >= 15 is 0 Å². The third-order valence-corrected chi connectivity index (χ3v) is 6.30. The Bertz CT molecular complexity index is 784. The lowest BCUT2D eigenvalue weighted by Gasteiger charge is -2.19. The van der Waals surface area contributed by atoms with E-state index in [2.05, 4.69) is 50.2 Å². The summed E-state index contributed by atoms with van der Waals surface area (Å²) in [6.07, 6.45) is 11.8. The van der Waals surface area contributed by atoms with Crippen molar-refractivity contribution in [2.45, 2.75) is 90.4 Å². The van der Waals surface area contributed by atoms with E-state index in [1.165, 1.54) is 60.8 Å². The third-order valence-electron chi connectivity index (χ3n) is 6.07. The van der Waals surface area contributed by atoms with Gasteiger partial charge in [-0.05, 0) is 73.4 Å². The van der Waals surface area contributed by atoms with Crippen LogP contribution in [0.1, 0.15) is 92.4 Å². The van der Waals surface area contributed by atoms with Crippen LogP contribution in [0, 0.1) is 13.8 Å². The van der Waals surface area contributed by atoms with E-state index in [0.717, 1.165) is 30.7 Å². The van der Waals surface area contributed by atoms with Crippen molar-refractivity contribution >= 4 is 17.6 Å². The Morgan fingerprint density at radius 3 is 2.17 bits per heavy atom. The molecule has 30 heavy (non-hydrogen) atoms. The molecule has 1 unspecified atom stereocenters. The van der Waals surface area contributed by atoms with Gasteiger partial charge in [-0.3, -0.25) is 4.79 Å². The van der Waals surface area contributed by atoms with E-state index in [1.54, 1.807) is 0 Å². The summed E-state index contributed by atoms with van der Waals surface area (Å²) >= 11 is 6.28. The van der Waals surface area contributed by atoms with Crippen molar-refractivity contribution in [1.29, 1.82) is 0 Å². The molecule has 3 heteroatoms. The monoisotopic (exact) mass is 428 g/mol. The minimum atomic E-state index is -0.676. The van der Waals surface area contributed by atoms with Gasteiger partial charge in [0.2, 0.25) is 0 Å². The molecule has 2 rings (SSSR count). The third kappa shape index (κ3) is 9.34. The van der Waals surface area contributed by atoms with Crippen LogP contribution in [-0.4, -0.2) is 11.1 Å². The van der Waals surface area contributed by atoms with Gasteiger partial charge in [0.25, 0.3) is 0 Å². The van der Waals surface area contributed by atoms with Gasteiger partial charge in [0.05, 0.1) is 0 Å². The molecule has 0 spiro atoms. The number of aliphatic carboxylic acids is 1. The van der Waals surface area contributed by atoms with Gasteiger partial charge in [-0.1, -0.05) is 86.9 Å². The van der Waals surface area contributed by atoms with Crippen LogP contribution >= 0.6 is 11.6 Å². The summed E-state index contributed by atoms with van der Waals surface area (Å²) in [5.41, 5.74) is 5.46. The Morgan fingerprint density at radius 1 is 0.867 bits per heavy atom. The second-order valence-corrected chi connectivity index (χ2v) is 9.07. The van der Waals surface area contributed by atoms with Crippen LogP contribution in [0.2, 0.25) is 5.02 Å². The Balaban J connectivity index is 1.78. The fourth-order valence-corrected chi connectivity index (χ4v) is 4.29. The maximum absolute atomic E-state index is 10.5. The number of hydrogen-bond donors (Lipinski definition) is 1. The number of halogens is 1. The number of benzene rings is 2. The van der Waals surface area contributed by atoms with Crippen LogP contribution in [0.5, 0.6) is 0 Å². The summed E-state index contributed by atoms with van der Waals surface area (Å²) in [7, 11) is 0. The van der Waals surface area contributed by atoms with Crippen LogP contribution < -0.4 is 0 Å². The van der Waals surface area contributed by atoms with Gasteiger partial charge in [-0.2, -0.15) is 0 Å². The molecule has 0 aromatic heterocycles. The molecular formula is C27H37ClO2. The zero-order valence-corrected chi connectivity index (χ0v) is 19.4. The maximum Gasteiger partial charge on any atom is 0.303 e. The SMILES string of the molecule is Cc1ccc(CC(CCCCCCCCCCC(=O)O)c2cccc(Cl)c2)cc1C. The molecule has 0 radical (unpaired) electrons. The van der Waals surface area contributed by atoms with Gasteiger partial charge < -0.3 is 5.11 Å². The first-order valence-corrected chi connectivity index (χ1v) is 11.9. The van der Waals surface area contributed by atoms with Gasteiger partial charge in [-0.25, -0.2) is 0 Å². The molecule has 0 bridgehead atoms. The predicted octanol–water partition coefficient (Wildman–Crippen LogP) is 8.27. The molecule has 164 valence electrons. The molecule has 0 aliphatic carbocycles. The van der Waals surface area contributed by atoms with Crippen LogP contribution in [0.4, 0.5) is 0 Å². The average Bonchev–Trinajstić information content (AvgIpc) is 2.71. The number of carbonyl (C=O) groups is 1. The minimum absolute atomic E-state index is 0.311. The number of aryl methyl sites for hydroxylation is 2. The summed E-state index contributed by atoms with van der Waals surface area (Å²) in [6.45, 7) is 4.36. The van der Waals surface area contributed by atoms with Gasteiger partial charge >= 0.3 is 5.97 Å². The highest BCUT2D eigenvalue weighted by Crippen LogP contribution is 2.29. The maximum atomic E-state index is 10.5. The number of hydrogen-bond acceptors (Lipinski definition) is 1. The fraction of sp³-hybridized carbons (Fsp3) is 0.519. The molecule has 0 amide bonds. The zero-order chi connectivity index (χ0) is 21.8. The van der Waals surface area contributed by atoms with Crippen molar-refractivity contribution in [3.8, 4) is 0 Å². The summed E-state index contributed by atoms with van der Waals surface area (Å²) in [5, 5.41) is 9.49. The van der Waals surface area contributed by atoms with Crippen LogP contribution in [-0.2, 0) is 11.2 Å². The number of carboxylic acids is 1. The Labute approximate surface area is 187 Å². The van der Waals surface area contributed by atoms with Crippen LogP contribution in [0.25, 0.3) is 0 Å². The molecule has 0 aliphatic heterocycles. The minimum Gasteiger partial charge on any atom is -0.481 e. The second-order valence-electron chi connectivity index (χ2n) is 8.64. The first-order valence-electron chi connectivity index (χ1n) is 11.5. The molecule has 0 fully saturated rings. The van der Waals surface area contributed by atoms with Gasteiger partial charge in [0, 0.05) is 11.4 Å². The molecule has 0 aliphatic rings. The van der Waals surface area contributed by atoms with Crippen molar-refractivity contribution in [3.05, 3.63) is 69.7 Å². The largest absolute Gasteiger partial charge is 0.481 e. The molecule has 0 saturated heterocycles. The van der Waals surface area contributed by atoms with Crippen molar-refractivity contribution < 1.29 is 9.90 Å². The van der Waals surface area contributed by atoms with Crippen LogP contribution in [0.3, 0.4) is 0 Å². The van der Waals surface area contributed by atoms with Gasteiger partial charge in [-0.15, -0.1) is 0 Å². The van der Waals surface area contributed by atoms with E-state index in [0.29, 0.717) is 12.3 Å². The number of rotatable bonds is 14. The van der Waals surface area contributed by atoms with Crippen molar-refractivity contribution in [2.75, 3.05) is 0 Å². The smallest absolute Gasteiger partial charge is 0.303 e. The first kappa shape index (κ1) is 24.5. The van der Waals surface area contributed by atoms with E-state index in [9.17, 15) is 4.79 Å². The molecule has 2 nitrogen and oxygen atoms in total. The van der Waals surface area contributed by atoms with Crippen molar-refractivity contribution in [2.24, 2.45) is 0 Å². The molecule has 0 heterocycles. The highest BCUT2D eigenvalue weighted by molar-refractivity contribution is 6.30. The molecule has 2 aromatic rings. The Kier molecular flexibility index (Phi) is 11.0. The fourth-order valence-electron chi connectivity index (χ4n) is 4.09. The highest BCUT2D eigenvalue weighted by atomic mass is 35.5. The molecule has 1 N–H and O–H groups in total. The molecule has 1 atom stereocenters. The lowest BCUT2D eigenvalue weighted by molar-refractivity contribution is -0.137. The normalized spacial score (nSPS) is 12.1. The molecule has 0 saturated carbocycles. The zero-order valence-electron chi connectivity index (χ0n) is 18.6. The Hall–Kier alpha value is -1.80. The number of unbranched alkanes of at least 4 members (excludes halogenated alkanes) is 7. The van der Waals surface area contributed by atoms with Gasteiger partial charge in [0.15, 0.2) is 0 Å². The quantitative estimate of drug-likeness (QED) is 0.307. The topological polar surface area (TPSA) is 37.3 Å². The number of carboxylic acid groups (broad SMARTS) is 1. The van der Waals surface area contributed by atoms with E-state index in [1.807, 2.05) is 6.07 Å². The molecule has 2 aromatic carbocycles. The van der Waals surface area contributed by atoms with Crippen molar-refractivity contribution in [3.63, 3.8) is 0 Å². The van der Waals surface area contributed by atoms with E-state index < -0.39 is 5.97 Å². The molecular weight excluding hydrogens is 392 g/mol. The van der Waals surface area contributed by atoms with Crippen molar-refractivity contribution in [1.82, 2.24) is 0 Å². The van der Waals surface area contributed by atoms with E-state index in [4.69, 9.17) is 16.7 Å². The summed E-state index contributed by atoms with van der Waals surface area (Å²) in [6, 6.07) is 15.2. The van der Waals surface area contributed by atoms with Crippen LogP contribution in [0.15, 0.2) is 42.5 Å². The van der Waals surface area contributed by atoms with Gasteiger partial charge in [0.1, 0.15) is 0 Å². The summed E-state index contributed by atoms with van der Waals surface area (Å²) < 4.78 is 0. The lowest BCUT2D eigenvalue weighted by Crippen LogP contribution is -2.04. The standard InChI is InChI=1S/C27H37ClO2/c1-21-16-17-23(18-22(21)2)19-24(25-13-11-14-26(28)20-25)12-9-7-5-3-4-6-8-10-15-27(29)30/h11,13-14,16-18,20,24H,3-10,12,15,19H2,1-2H3,(H,29,30).